The summed E-state index contributed by atoms with van der Waals surface area (Å²) in [7, 11) is 0. The van der Waals surface area contributed by atoms with Crippen LogP contribution >= 0.6 is 0 Å². The lowest BCUT2D eigenvalue weighted by molar-refractivity contribution is -0.117. The fourth-order valence-electron chi connectivity index (χ4n) is 2.96. The maximum absolute atomic E-state index is 12.0. The van der Waals surface area contributed by atoms with Crippen LogP contribution in [0.25, 0.3) is 0 Å². The summed E-state index contributed by atoms with van der Waals surface area (Å²) in [5.41, 5.74) is 1.70. The highest BCUT2D eigenvalue weighted by atomic mass is 16.2. The molecule has 21 heavy (non-hydrogen) atoms. The van der Waals surface area contributed by atoms with Crippen LogP contribution in [0.2, 0.25) is 0 Å². The monoisotopic (exact) mass is 284 g/mol. The lowest BCUT2D eigenvalue weighted by Gasteiger charge is -2.16. The van der Waals surface area contributed by atoms with Gasteiger partial charge in [0.1, 0.15) is 0 Å². The zero-order valence-electron chi connectivity index (χ0n) is 12.0. The maximum Gasteiger partial charge on any atom is 0.227 e. The topological polar surface area (TPSA) is 49.4 Å². The molecule has 0 bridgehead atoms. The van der Waals surface area contributed by atoms with Crippen molar-refractivity contribution in [3.63, 3.8) is 0 Å². The third-order valence-electron chi connectivity index (χ3n) is 4.10. The fraction of sp³-hybridized carbons (Fsp3) is 0.412. The van der Waals surface area contributed by atoms with Gasteiger partial charge in [0.2, 0.25) is 11.8 Å². The van der Waals surface area contributed by atoms with Crippen LogP contribution in [0.15, 0.2) is 36.4 Å². The van der Waals surface area contributed by atoms with Crippen molar-refractivity contribution in [1.29, 1.82) is 0 Å². The normalized spacial score (nSPS) is 21.0. The molecule has 0 radical (unpaired) electrons. The van der Waals surface area contributed by atoms with Gasteiger partial charge < -0.3 is 10.2 Å². The first-order valence-corrected chi connectivity index (χ1v) is 7.59. The summed E-state index contributed by atoms with van der Waals surface area (Å²) >= 11 is 0. The molecule has 1 heterocycles. The Hall–Kier alpha value is -2.10. The second-order valence-corrected chi connectivity index (χ2v) is 5.71. The van der Waals surface area contributed by atoms with E-state index in [0.717, 1.165) is 37.2 Å². The van der Waals surface area contributed by atoms with Crippen LogP contribution in [0.1, 0.15) is 32.1 Å². The minimum Gasteiger partial charge on any atom is -0.326 e. The number of nitrogens with one attached hydrogen (secondary N) is 1. The average molecular weight is 284 g/mol. The Labute approximate surface area is 124 Å². The SMILES string of the molecule is O=C(C[C@H]1C=CCC1)Nc1ccc(N2CCCC2=O)cc1. The second-order valence-electron chi connectivity index (χ2n) is 5.71. The van der Waals surface area contributed by atoms with Gasteiger partial charge in [-0.3, -0.25) is 9.59 Å². The Morgan fingerprint density at radius 2 is 2.10 bits per heavy atom. The molecule has 4 nitrogen and oxygen atoms in total. The van der Waals surface area contributed by atoms with Gasteiger partial charge in [0.25, 0.3) is 0 Å². The highest BCUT2D eigenvalue weighted by Gasteiger charge is 2.21. The van der Waals surface area contributed by atoms with Crippen LogP contribution in [-0.4, -0.2) is 18.4 Å². The second kappa shape index (κ2) is 6.12. The van der Waals surface area contributed by atoms with E-state index in [1.54, 1.807) is 4.90 Å². The van der Waals surface area contributed by atoms with Gasteiger partial charge in [-0.05, 0) is 49.4 Å². The van der Waals surface area contributed by atoms with E-state index in [4.69, 9.17) is 0 Å². The molecule has 3 rings (SSSR count). The van der Waals surface area contributed by atoms with Gasteiger partial charge in [0, 0.05) is 30.8 Å². The highest BCUT2D eigenvalue weighted by Crippen LogP contribution is 2.24. The Kier molecular flexibility index (Phi) is 4.04. The van der Waals surface area contributed by atoms with Gasteiger partial charge >= 0.3 is 0 Å². The van der Waals surface area contributed by atoms with Crippen LogP contribution in [0.3, 0.4) is 0 Å². The number of carbonyl (C=O) groups is 2. The largest absolute Gasteiger partial charge is 0.326 e. The molecule has 110 valence electrons. The quantitative estimate of drug-likeness (QED) is 0.864. The molecule has 2 aliphatic rings. The van der Waals surface area contributed by atoms with Crippen LogP contribution < -0.4 is 10.2 Å². The van der Waals surface area contributed by atoms with E-state index in [1.165, 1.54) is 0 Å². The first-order chi connectivity index (χ1) is 10.2. The number of anilines is 2. The van der Waals surface area contributed by atoms with Gasteiger partial charge in [-0.2, -0.15) is 0 Å². The van der Waals surface area contributed by atoms with Crippen molar-refractivity contribution < 1.29 is 9.59 Å². The first-order valence-electron chi connectivity index (χ1n) is 7.59. The van der Waals surface area contributed by atoms with Crippen molar-refractivity contribution in [1.82, 2.24) is 0 Å². The van der Waals surface area contributed by atoms with Crippen LogP contribution in [0, 0.1) is 5.92 Å². The van der Waals surface area contributed by atoms with Gasteiger partial charge in [0.05, 0.1) is 0 Å². The van der Waals surface area contributed by atoms with Crippen LogP contribution in [0.5, 0.6) is 0 Å². The zero-order chi connectivity index (χ0) is 14.7. The van der Waals surface area contributed by atoms with Crippen molar-refractivity contribution in [2.24, 2.45) is 5.92 Å². The zero-order valence-corrected chi connectivity index (χ0v) is 12.0. The molecular formula is C17H20N2O2. The summed E-state index contributed by atoms with van der Waals surface area (Å²) in [6, 6.07) is 7.52. The van der Waals surface area contributed by atoms with Crippen molar-refractivity contribution in [2.75, 3.05) is 16.8 Å². The third kappa shape index (κ3) is 3.32. The number of hydrogen-bond donors (Lipinski definition) is 1. The Balaban J connectivity index is 1.57. The molecule has 1 aliphatic heterocycles. The lowest BCUT2D eigenvalue weighted by Crippen LogP contribution is -2.23. The molecule has 1 saturated heterocycles. The Morgan fingerprint density at radius 1 is 1.29 bits per heavy atom. The van der Waals surface area contributed by atoms with E-state index in [9.17, 15) is 9.59 Å². The molecule has 1 N–H and O–H groups in total. The van der Waals surface area contributed by atoms with E-state index in [2.05, 4.69) is 17.5 Å². The number of rotatable bonds is 4. The molecular weight excluding hydrogens is 264 g/mol. The van der Waals surface area contributed by atoms with E-state index in [0.29, 0.717) is 18.8 Å². The van der Waals surface area contributed by atoms with Gasteiger partial charge in [-0.25, -0.2) is 0 Å². The molecule has 1 aromatic rings. The Bertz CT molecular complexity index is 563. The fourth-order valence-corrected chi connectivity index (χ4v) is 2.96. The molecule has 0 unspecified atom stereocenters. The molecule has 1 atom stereocenters. The van der Waals surface area contributed by atoms with Crippen molar-refractivity contribution in [3.8, 4) is 0 Å². The molecule has 1 aliphatic carbocycles. The predicted octanol–water partition coefficient (Wildman–Crippen LogP) is 3.11. The van der Waals surface area contributed by atoms with Gasteiger partial charge in [-0.1, -0.05) is 12.2 Å². The number of carbonyl (C=O) groups excluding carboxylic acids is 2. The third-order valence-corrected chi connectivity index (χ3v) is 4.10. The molecule has 0 aromatic heterocycles. The number of hydrogen-bond acceptors (Lipinski definition) is 2. The lowest BCUT2D eigenvalue weighted by atomic mass is 10.1. The van der Waals surface area contributed by atoms with Crippen LogP contribution in [-0.2, 0) is 9.59 Å². The summed E-state index contributed by atoms with van der Waals surface area (Å²) < 4.78 is 0. The number of benzene rings is 1. The van der Waals surface area contributed by atoms with Crippen molar-refractivity contribution in [3.05, 3.63) is 36.4 Å². The van der Waals surface area contributed by atoms with Crippen LogP contribution in [0.4, 0.5) is 11.4 Å². The molecule has 0 saturated carbocycles. The summed E-state index contributed by atoms with van der Waals surface area (Å²) in [6.45, 7) is 0.790. The van der Waals surface area contributed by atoms with Crippen molar-refractivity contribution >= 4 is 23.2 Å². The van der Waals surface area contributed by atoms with E-state index < -0.39 is 0 Å². The van der Waals surface area contributed by atoms with Crippen molar-refractivity contribution in [2.45, 2.75) is 32.1 Å². The van der Waals surface area contributed by atoms with Gasteiger partial charge in [-0.15, -0.1) is 0 Å². The highest BCUT2D eigenvalue weighted by molar-refractivity contribution is 5.96. The maximum atomic E-state index is 12.0. The summed E-state index contributed by atoms with van der Waals surface area (Å²) in [6.07, 6.45) is 8.52. The molecule has 1 aromatic carbocycles. The predicted molar refractivity (Wildman–Crippen MR) is 83.1 cm³/mol. The summed E-state index contributed by atoms with van der Waals surface area (Å²) in [5, 5.41) is 2.92. The summed E-state index contributed by atoms with van der Waals surface area (Å²) in [4.78, 5) is 25.4. The van der Waals surface area contributed by atoms with E-state index in [1.807, 2.05) is 24.3 Å². The molecule has 1 fully saturated rings. The smallest absolute Gasteiger partial charge is 0.227 e. The van der Waals surface area contributed by atoms with E-state index >= 15 is 0 Å². The number of amides is 2. The average Bonchev–Trinajstić information content (AvgIpc) is 3.11. The molecule has 4 heteroatoms. The Morgan fingerprint density at radius 3 is 2.71 bits per heavy atom. The molecule has 0 spiro atoms. The summed E-state index contributed by atoms with van der Waals surface area (Å²) in [5.74, 6) is 0.614. The first kappa shape index (κ1) is 13.9. The van der Waals surface area contributed by atoms with Gasteiger partial charge in [0.15, 0.2) is 0 Å². The minimum atomic E-state index is 0.0524. The number of allylic oxidation sites excluding steroid dienone is 2. The number of nitrogens with zero attached hydrogens (tertiary/aromatic N) is 1. The standard InChI is InChI=1S/C17H20N2O2/c20-16(12-13-4-1-2-5-13)18-14-7-9-15(10-8-14)19-11-3-6-17(19)21/h1,4,7-10,13H,2-3,5-6,11-12H2,(H,18,20)/t13-/m0/s1. The minimum absolute atomic E-state index is 0.0524. The molecule has 2 amide bonds. The van der Waals surface area contributed by atoms with E-state index in [-0.39, 0.29) is 11.8 Å².